The Bertz CT molecular complexity index is 1320. The number of ether oxygens (including phenoxy) is 2. The van der Waals surface area contributed by atoms with Crippen molar-refractivity contribution in [1.29, 1.82) is 0 Å². The Morgan fingerprint density at radius 2 is 1.63 bits per heavy atom. The molecular weight excluding hydrogens is 438 g/mol. The van der Waals surface area contributed by atoms with E-state index in [1.807, 2.05) is 86.6 Å². The Balaban J connectivity index is 1.75. The van der Waals surface area contributed by atoms with Crippen LogP contribution in [-0.4, -0.2) is 18.5 Å². The highest BCUT2D eigenvalue weighted by Gasteiger charge is 2.38. The lowest BCUT2D eigenvalue weighted by Gasteiger charge is -2.19. The van der Waals surface area contributed by atoms with Crippen molar-refractivity contribution in [3.05, 3.63) is 112 Å². The highest BCUT2D eigenvalue weighted by molar-refractivity contribution is 6.24. The first kappa shape index (κ1) is 24.0. The van der Waals surface area contributed by atoms with Crippen molar-refractivity contribution >= 4 is 23.6 Å². The van der Waals surface area contributed by atoms with E-state index in [-0.39, 0.29) is 23.7 Å². The molecule has 1 heterocycles. The molecule has 3 aromatic carbocycles. The Kier molecular flexibility index (Phi) is 7.16. The average molecular weight is 468 g/mol. The molecule has 1 amide bonds. The minimum absolute atomic E-state index is 0.220. The minimum atomic E-state index is -0.515. The summed E-state index contributed by atoms with van der Waals surface area (Å²) in [7, 11) is 0. The Hall–Kier alpha value is -4.12. The Labute approximate surface area is 206 Å². The van der Waals surface area contributed by atoms with Crippen LogP contribution < -0.4 is 9.64 Å². The van der Waals surface area contributed by atoms with Crippen LogP contribution >= 0.6 is 0 Å². The summed E-state index contributed by atoms with van der Waals surface area (Å²) < 4.78 is 11.4. The number of nitrogens with zero attached hydrogens (tertiary/aromatic N) is 1. The van der Waals surface area contributed by atoms with Crippen LogP contribution in [0.4, 0.5) is 5.69 Å². The first-order chi connectivity index (χ1) is 16.9. The fraction of sp³-hybridized carbons (Fsp3) is 0.200. The Morgan fingerprint density at radius 1 is 0.914 bits per heavy atom. The van der Waals surface area contributed by atoms with E-state index in [4.69, 9.17) is 9.47 Å². The van der Waals surface area contributed by atoms with Gasteiger partial charge in [0.1, 0.15) is 12.4 Å². The number of allylic oxidation sites excluding steroid dienone is 1. The van der Waals surface area contributed by atoms with Gasteiger partial charge < -0.3 is 9.47 Å². The summed E-state index contributed by atoms with van der Waals surface area (Å²) in [6, 6.07) is 23.2. The third-order valence-electron chi connectivity index (χ3n) is 6.08. The fourth-order valence-electron chi connectivity index (χ4n) is 4.08. The highest BCUT2D eigenvalue weighted by Crippen LogP contribution is 2.37. The number of hydrogen-bond acceptors (Lipinski definition) is 4. The number of aryl methyl sites for hydroxylation is 2. The highest BCUT2D eigenvalue weighted by atomic mass is 16.5. The number of esters is 1. The van der Waals surface area contributed by atoms with Gasteiger partial charge in [0.25, 0.3) is 5.91 Å². The molecule has 0 unspecified atom stereocenters. The lowest BCUT2D eigenvalue weighted by atomic mass is 10.0. The van der Waals surface area contributed by atoms with Crippen molar-refractivity contribution in [2.75, 3.05) is 11.5 Å². The van der Waals surface area contributed by atoms with Gasteiger partial charge in [-0.05, 0) is 68.7 Å². The molecule has 0 saturated heterocycles. The fourth-order valence-corrected chi connectivity index (χ4v) is 4.08. The van der Waals surface area contributed by atoms with Crippen LogP contribution in [0.1, 0.15) is 36.1 Å². The van der Waals surface area contributed by atoms with E-state index in [0.717, 1.165) is 22.4 Å². The van der Waals surface area contributed by atoms with Gasteiger partial charge in [0.05, 0.1) is 17.8 Å². The molecule has 0 fully saturated rings. The number of anilines is 1. The predicted molar refractivity (Wildman–Crippen MR) is 138 cm³/mol. The van der Waals surface area contributed by atoms with Gasteiger partial charge in [-0.2, -0.15) is 0 Å². The van der Waals surface area contributed by atoms with Crippen molar-refractivity contribution in [2.45, 2.75) is 34.3 Å². The molecule has 0 atom stereocenters. The van der Waals surface area contributed by atoms with Crippen molar-refractivity contribution in [3.63, 3.8) is 0 Å². The number of benzene rings is 3. The number of hydrogen-bond donors (Lipinski definition) is 0. The summed E-state index contributed by atoms with van der Waals surface area (Å²) in [6.07, 6.45) is 1.72. The van der Waals surface area contributed by atoms with Crippen LogP contribution in [0.15, 0.2) is 89.6 Å². The van der Waals surface area contributed by atoms with E-state index in [1.165, 1.54) is 0 Å². The van der Waals surface area contributed by atoms with E-state index in [9.17, 15) is 9.59 Å². The van der Waals surface area contributed by atoms with Gasteiger partial charge in [0, 0.05) is 16.9 Å². The third kappa shape index (κ3) is 5.04. The standard InChI is InChI=1S/C30H29NO4/c1-5-34-30(33)28-22(4)31(25-16-15-20(2)21(3)17-25)29(32)26(28)18-24-13-9-10-14-27(24)35-19-23-11-7-6-8-12-23/h6-18H,5,19H2,1-4H3/b26-18-. The normalized spacial score (nSPS) is 14.6. The van der Waals surface area contributed by atoms with Gasteiger partial charge in [-0.1, -0.05) is 54.6 Å². The number of amides is 1. The van der Waals surface area contributed by atoms with Crippen molar-refractivity contribution in [3.8, 4) is 5.75 Å². The molecule has 5 nitrogen and oxygen atoms in total. The molecule has 4 rings (SSSR count). The van der Waals surface area contributed by atoms with E-state index in [2.05, 4.69) is 0 Å². The van der Waals surface area contributed by atoms with Crippen LogP contribution in [0.2, 0.25) is 0 Å². The summed E-state index contributed by atoms with van der Waals surface area (Å²) in [5.74, 6) is -0.160. The maximum absolute atomic E-state index is 13.7. The van der Waals surface area contributed by atoms with Gasteiger partial charge in [-0.15, -0.1) is 0 Å². The van der Waals surface area contributed by atoms with E-state index < -0.39 is 5.97 Å². The zero-order chi connectivity index (χ0) is 24.9. The maximum atomic E-state index is 13.7. The molecule has 3 aromatic rings. The van der Waals surface area contributed by atoms with Crippen LogP contribution in [-0.2, 0) is 20.9 Å². The van der Waals surface area contributed by atoms with Crippen LogP contribution in [0.25, 0.3) is 6.08 Å². The second kappa shape index (κ2) is 10.4. The van der Waals surface area contributed by atoms with Crippen LogP contribution in [0, 0.1) is 13.8 Å². The zero-order valence-electron chi connectivity index (χ0n) is 20.5. The van der Waals surface area contributed by atoms with E-state index in [0.29, 0.717) is 23.6 Å². The smallest absolute Gasteiger partial charge is 0.340 e. The molecule has 178 valence electrons. The average Bonchev–Trinajstić information content (AvgIpc) is 3.10. The monoisotopic (exact) mass is 467 g/mol. The zero-order valence-corrected chi connectivity index (χ0v) is 20.5. The maximum Gasteiger partial charge on any atom is 0.340 e. The van der Waals surface area contributed by atoms with Gasteiger partial charge in [-0.25, -0.2) is 4.79 Å². The number of rotatable bonds is 7. The number of carbonyl (C=O) groups excluding carboxylic acids is 2. The summed E-state index contributed by atoms with van der Waals surface area (Å²) in [6.45, 7) is 8.16. The van der Waals surface area contributed by atoms with Crippen LogP contribution in [0.3, 0.4) is 0 Å². The summed E-state index contributed by atoms with van der Waals surface area (Å²) in [4.78, 5) is 28.2. The topological polar surface area (TPSA) is 55.8 Å². The molecule has 35 heavy (non-hydrogen) atoms. The second-order valence-corrected chi connectivity index (χ2v) is 8.46. The Morgan fingerprint density at radius 3 is 2.34 bits per heavy atom. The van der Waals surface area contributed by atoms with Crippen molar-refractivity contribution in [2.24, 2.45) is 0 Å². The quantitative estimate of drug-likeness (QED) is 0.309. The third-order valence-corrected chi connectivity index (χ3v) is 6.08. The minimum Gasteiger partial charge on any atom is -0.488 e. The largest absolute Gasteiger partial charge is 0.488 e. The predicted octanol–water partition coefficient (Wildman–Crippen LogP) is 6.15. The number of carbonyl (C=O) groups is 2. The molecule has 1 aliphatic heterocycles. The first-order valence-electron chi connectivity index (χ1n) is 11.7. The molecule has 0 aliphatic carbocycles. The van der Waals surface area contributed by atoms with Gasteiger partial charge in [0.2, 0.25) is 0 Å². The van der Waals surface area contributed by atoms with Crippen molar-refractivity contribution < 1.29 is 19.1 Å². The van der Waals surface area contributed by atoms with Crippen LogP contribution in [0.5, 0.6) is 5.75 Å². The molecule has 0 N–H and O–H groups in total. The summed E-state index contributed by atoms with van der Waals surface area (Å²) in [5, 5.41) is 0. The SMILES string of the molecule is CCOC(=O)C1=C(C)N(c2ccc(C)c(C)c2)C(=O)/C1=C\c1ccccc1OCc1ccccc1. The lowest BCUT2D eigenvalue weighted by molar-refractivity contribution is -0.138. The van der Waals surface area contributed by atoms with Gasteiger partial charge in [-0.3, -0.25) is 9.69 Å². The molecule has 0 saturated carbocycles. The van der Waals surface area contributed by atoms with Gasteiger partial charge in [0.15, 0.2) is 0 Å². The van der Waals surface area contributed by atoms with Crippen molar-refractivity contribution in [1.82, 2.24) is 0 Å². The lowest BCUT2D eigenvalue weighted by Crippen LogP contribution is -2.24. The molecule has 5 heteroatoms. The molecule has 0 aromatic heterocycles. The van der Waals surface area contributed by atoms with E-state index in [1.54, 1.807) is 24.8 Å². The first-order valence-corrected chi connectivity index (χ1v) is 11.7. The van der Waals surface area contributed by atoms with E-state index >= 15 is 0 Å². The van der Waals surface area contributed by atoms with Gasteiger partial charge >= 0.3 is 5.97 Å². The summed E-state index contributed by atoms with van der Waals surface area (Å²) >= 11 is 0. The molecule has 0 spiro atoms. The molecular formula is C30H29NO4. The summed E-state index contributed by atoms with van der Waals surface area (Å²) in [5.41, 5.74) is 5.77. The number of para-hydroxylation sites is 1. The molecule has 1 aliphatic rings. The molecule has 0 radical (unpaired) electrons. The molecule has 0 bridgehead atoms. The second-order valence-electron chi connectivity index (χ2n) is 8.46.